The third kappa shape index (κ3) is 19.0. The zero-order valence-electron chi connectivity index (χ0n) is 37.9. The topological polar surface area (TPSA) is 310 Å². The Bertz CT molecular complexity index is 1660. The van der Waals surface area contributed by atoms with Gasteiger partial charge in [-0.15, -0.1) is 0 Å². The molecule has 3 rings (SSSR count). The fourth-order valence-electron chi connectivity index (χ4n) is 8.61. The number of carbonyl (C=O) groups is 2. The van der Waals surface area contributed by atoms with Gasteiger partial charge in [-0.1, -0.05) is 98.9 Å². The molecule has 0 amide bonds. The molecule has 3 heterocycles. The average molecular weight is 922 g/mol. The van der Waals surface area contributed by atoms with Gasteiger partial charge in [-0.2, -0.15) is 0 Å². The van der Waals surface area contributed by atoms with Crippen molar-refractivity contribution in [1.82, 2.24) is 0 Å². The normalized spacial score (nSPS) is 45.5. The third-order valence-corrected chi connectivity index (χ3v) is 12.4. The molecular weight excluding hydrogens is 847 g/mol. The summed E-state index contributed by atoms with van der Waals surface area (Å²) in [4.78, 5) is 25.1. The number of allylic oxidation sites excluding steroid dienone is 13. The van der Waals surface area contributed by atoms with Crippen LogP contribution in [-0.2, 0) is 23.8 Å². The molecule has 2 bridgehead atoms. The van der Waals surface area contributed by atoms with E-state index in [1.165, 1.54) is 0 Å². The second-order valence-electron chi connectivity index (χ2n) is 18.1. The number of carbonyl (C=O) groups excluding carboxylic acids is 1. The molecule has 3 aliphatic heterocycles. The van der Waals surface area contributed by atoms with Crippen LogP contribution >= 0.6 is 0 Å². The Kier molecular flexibility index (Phi) is 23.6. The van der Waals surface area contributed by atoms with Gasteiger partial charge in [0, 0.05) is 24.7 Å². The van der Waals surface area contributed by atoms with Crippen LogP contribution in [-0.4, -0.2) is 159 Å². The fourth-order valence-corrected chi connectivity index (χ4v) is 8.61. The standard InChI is InChI=1S/C48H75NO16/c1-28-17-15-13-11-9-7-5-6-8-10-12-14-16-18-32(20-40-46(59)43(49)45(58)31(4)63-40)19-39-42(47(60)61)38(55)27-48(62,65-39)26-37(54)24-35(52)22-33(50)21-34(51)23-36(53)25-41(56)64-30(3)29(2)44(28)57/h5-18,28-40,42-46,50-55,57-59,62H,19-27,49H2,1-4H3,(H,60,61)/b6-5+,9-7+,10-8+,13-11+,14-12+,17-15+,18-16+/t28-,29-,30-,31?,32?,33-,34?,35?,36+,37-,38-,39?,40?,42?,43?,44+,45?,46?,48?/m0/s1. The summed E-state index contributed by atoms with van der Waals surface area (Å²) in [5.41, 5.74) is 6.10. The van der Waals surface area contributed by atoms with Crippen molar-refractivity contribution in [3.63, 3.8) is 0 Å². The van der Waals surface area contributed by atoms with Crippen molar-refractivity contribution < 1.29 is 80.0 Å². The lowest BCUT2D eigenvalue weighted by molar-refractivity contribution is -0.299. The zero-order valence-corrected chi connectivity index (χ0v) is 37.9. The van der Waals surface area contributed by atoms with E-state index in [1.807, 2.05) is 43.4 Å². The first-order valence-corrected chi connectivity index (χ1v) is 22.6. The summed E-state index contributed by atoms with van der Waals surface area (Å²) in [6.45, 7) is 6.83. The van der Waals surface area contributed by atoms with Crippen molar-refractivity contribution in [2.75, 3.05) is 0 Å². The van der Waals surface area contributed by atoms with Gasteiger partial charge < -0.3 is 76.1 Å². The first kappa shape index (κ1) is 55.9. The smallest absolute Gasteiger partial charge is 0.311 e. The van der Waals surface area contributed by atoms with Crippen LogP contribution in [0.15, 0.2) is 85.1 Å². The molecule has 0 spiro atoms. The van der Waals surface area contributed by atoms with E-state index in [1.54, 1.807) is 69.4 Å². The predicted molar refractivity (Wildman–Crippen MR) is 240 cm³/mol. The lowest BCUT2D eigenvalue weighted by Crippen LogP contribution is -2.60. The summed E-state index contributed by atoms with van der Waals surface area (Å²) in [7, 11) is 0. The number of fused-ring (bicyclic) bond motifs is 2. The SMILES string of the molecule is CC1OC(CC2/C=C/C=C/C=C/C=C/C=C/C=C/C=C/[C@H](C)[C@@H](O)[C@@H](C)[C@H](C)OC(=O)C[C@H](O)CC(O)C[C@H](O)CC(O)C[C@H](O)CC3(O)C[C@H](O)C(C(=O)O)C(C2)O3)C(O)C(N)C1O. The molecular formula is C48H75NO16. The number of aliphatic hydroxyl groups excluding tert-OH is 9. The number of hydrogen-bond donors (Lipinski definition) is 12. The van der Waals surface area contributed by atoms with Crippen molar-refractivity contribution in [3.8, 4) is 0 Å². The predicted octanol–water partition coefficient (Wildman–Crippen LogP) is 1.38. The van der Waals surface area contributed by atoms with Crippen LogP contribution in [0.25, 0.3) is 0 Å². The minimum Gasteiger partial charge on any atom is -0.481 e. The first-order valence-electron chi connectivity index (χ1n) is 22.6. The number of ether oxygens (including phenoxy) is 3. The van der Waals surface area contributed by atoms with Crippen LogP contribution in [0, 0.1) is 23.7 Å². The van der Waals surface area contributed by atoms with Gasteiger partial charge in [0.15, 0.2) is 5.79 Å². The largest absolute Gasteiger partial charge is 0.481 e. The van der Waals surface area contributed by atoms with E-state index in [9.17, 15) is 65.8 Å². The van der Waals surface area contributed by atoms with Crippen molar-refractivity contribution in [3.05, 3.63) is 85.1 Å². The highest BCUT2D eigenvalue weighted by molar-refractivity contribution is 5.71. The van der Waals surface area contributed by atoms with Gasteiger partial charge in [0.05, 0.1) is 85.7 Å². The number of aliphatic carboxylic acids is 1. The van der Waals surface area contributed by atoms with Crippen molar-refractivity contribution in [1.29, 1.82) is 0 Å². The molecule has 17 nitrogen and oxygen atoms in total. The second kappa shape index (κ2) is 27.4. The monoisotopic (exact) mass is 922 g/mol. The molecule has 0 radical (unpaired) electrons. The Morgan fingerprint density at radius 1 is 0.646 bits per heavy atom. The highest BCUT2D eigenvalue weighted by Gasteiger charge is 2.50. The molecule has 368 valence electrons. The number of aliphatic hydroxyl groups is 10. The summed E-state index contributed by atoms with van der Waals surface area (Å²) in [6.07, 6.45) is 6.93. The molecule has 0 aliphatic carbocycles. The van der Waals surface area contributed by atoms with E-state index in [2.05, 4.69) is 0 Å². The zero-order chi connectivity index (χ0) is 48.4. The van der Waals surface area contributed by atoms with Crippen LogP contribution in [0.5, 0.6) is 0 Å². The molecule has 3 aliphatic rings. The summed E-state index contributed by atoms with van der Waals surface area (Å²) < 4.78 is 17.4. The molecule has 11 unspecified atom stereocenters. The number of hydrogen-bond acceptors (Lipinski definition) is 16. The number of nitrogens with two attached hydrogens (primary N) is 1. The average Bonchev–Trinajstić information content (AvgIpc) is 3.19. The van der Waals surface area contributed by atoms with Crippen LogP contribution in [0.3, 0.4) is 0 Å². The van der Waals surface area contributed by atoms with Crippen molar-refractivity contribution >= 4 is 11.9 Å². The Morgan fingerprint density at radius 2 is 1.14 bits per heavy atom. The number of carboxylic acid groups (broad SMARTS) is 1. The molecule has 19 atom stereocenters. The van der Waals surface area contributed by atoms with Crippen LogP contribution in [0.1, 0.15) is 85.5 Å². The van der Waals surface area contributed by atoms with Crippen LogP contribution < -0.4 is 5.73 Å². The Morgan fingerprint density at radius 3 is 1.68 bits per heavy atom. The maximum atomic E-state index is 12.6. The number of cyclic esters (lactones) is 1. The fraction of sp³-hybridized carbons (Fsp3) is 0.667. The number of rotatable bonds is 3. The minimum absolute atomic E-state index is 0.0863. The quantitative estimate of drug-likeness (QED) is 0.178. The van der Waals surface area contributed by atoms with Crippen molar-refractivity contribution in [2.24, 2.45) is 29.4 Å². The van der Waals surface area contributed by atoms with E-state index < -0.39 is 140 Å². The lowest BCUT2D eigenvalue weighted by atomic mass is 9.79. The van der Waals surface area contributed by atoms with Gasteiger partial charge in [-0.25, -0.2) is 0 Å². The van der Waals surface area contributed by atoms with E-state index in [-0.39, 0.29) is 44.4 Å². The molecule has 0 aromatic carbocycles. The van der Waals surface area contributed by atoms with E-state index in [0.29, 0.717) is 0 Å². The molecule has 13 N–H and O–H groups in total. The van der Waals surface area contributed by atoms with Gasteiger partial charge in [0.1, 0.15) is 12.0 Å². The first-order chi connectivity index (χ1) is 30.6. The van der Waals surface area contributed by atoms with Crippen LogP contribution in [0.4, 0.5) is 0 Å². The minimum atomic E-state index is -2.25. The van der Waals surface area contributed by atoms with E-state index in [0.717, 1.165) is 0 Å². The van der Waals surface area contributed by atoms with Gasteiger partial charge in [-0.05, 0) is 58.3 Å². The lowest BCUT2D eigenvalue weighted by Gasteiger charge is -2.45. The maximum Gasteiger partial charge on any atom is 0.311 e. The van der Waals surface area contributed by atoms with Gasteiger partial charge in [0.25, 0.3) is 0 Å². The summed E-state index contributed by atoms with van der Waals surface area (Å²) in [5, 5.41) is 118. The highest BCUT2D eigenvalue weighted by Crippen LogP contribution is 2.39. The van der Waals surface area contributed by atoms with Gasteiger partial charge >= 0.3 is 11.9 Å². The Balaban J connectivity index is 1.86. The third-order valence-electron chi connectivity index (χ3n) is 12.4. The maximum absolute atomic E-state index is 12.6. The number of esters is 1. The van der Waals surface area contributed by atoms with E-state index >= 15 is 0 Å². The van der Waals surface area contributed by atoms with E-state index in [4.69, 9.17) is 19.9 Å². The Hall–Kier alpha value is -3.40. The number of carboxylic acids is 1. The summed E-state index contributed by atoms with van der Waals surface area (Å²) in [6, 6.07) is -1.02. The summed E-state index contributed by atoms with van der Waals surface area (Å²) in [5.74, 6) is -7.20. The second-order valence-corrected chi connectivity index (χ2v) is 18.1. The molecule has 0 aromatic heterocycles. The summed E-state index contributed by atoms with van der Waals surface area (Å²) >= 11 is 0. The highest BCUT2D eigenvalue weighted by atomic mass is 16.6. The molecule has 2 fully saturated rings. The van der Waals surface area contributed by atoms with Gasteiger partial charge in [0.2, 0.25) is 0 Å². The molecule has 0 aromatic rings. The molecule has 2 saturated heterocycles. The Labute approximate surface area is 382 Å². The van der Waals surface area contributed by atoms with Crippen molar-refractivity contribution in [2.45, 2.75) is 177 Å². The molecule has 0 saturated carbocycles. The molecule has 17 heteroatoms. The van der Waals surface area contributed by atoms with Gasteiger partial charge in [-0.3, -0.25) is 9.59 Å². The molecule has 65 heavy (non-hydrogen) atoms. The van der Waals surface area contributed by atoms with Crippen LogP contribution in [0.2, 0.25) is 0 Å².